The summed E-state index contributed by atoms with van der Waals surface area (Å²) in [5, 5.41) is 13.1. The molecule has 0 aliphatic rings. The van der Waals surface area contributed by atoms with Crippen LogP contribution >= 0.6 is 11.8 Å². The fraction of sp³-hybridized carbons (Fsp3) is 0.583. The van der Waals surface area contributed by atoms with E-state index in [9.17, 15) is 0 Å². The van der Waals surface area contributed by atoms with Crippen molar-refractivity contribution in [2.75, 3.05) is 18.9 Å². The topological polar surface area (TPSA) is 45.1 Å². The van der Waals surface area contributed by atoms with E-state index in [4.69, 9.17) is 5.11 Å². The summed E-state index contributed by atoms with van der Waals surface area (Å²) in [4.78, 5) is 4.40. The zero-order chi connectivity index (χ0) is 11.8. The summed E-state index contributed by atoms with van der Waals surface area (Å²) in [5.74, 6) is 0.922. The largest absolute Gasteiger partial charge is 0.396 e. The number of nitrogens with one attached hydrogen (secondary N) is 1. The van der Waals surface area contributed by atoms with Gasteiger partial charge in [0.25, 0.3) is 0 Å². The standard InChI is InChI=1S/C12H20N2OS/c1-3-13-10(2)11-5-6-12(14-9-11)16-8-4-7-15/h5-6,9-10,13,15H,3-4,7-8H2,1-2H3. The average Bonchev–Trinajstić information content (AvgIpc) is 2.30. The van der Waals surface area contributed by atoms with Crippen LogP contribution in [0.4, 0.5) is 0 Å². The van der Waals surface area contributed by atoms with Crippen LogP contribution in [0.3, 0.4) is 0 Å². The SMILES string of the molecule is CCNC(C)c1ccc(SCCCO)nc1. The van der Waals surface area contributed by atoms with Crippen LogP contribution in [0.15, 0.2) is 23.4 Å². The molecular weight excluding hydrogens is 220 g/mol. The Morgan fingerprint density at radius 2 is 2.31 bits per heavy atom. The summed E-state index contributed by atoms with van der Waals surface area (Å²) in [6.45, 7) is 5.46. The molecule has 2 N–H and O–H groups in total. The molecule has 0 amide bonds. The Labute approximate surface area is 102 Å². The molecule has 4 heteroatoms. The summed E-state index contributed by atoms with van der Waals surface area (Å²) < 4.78 is 0. The number of aliphatic hydroxyl groups excluding tert-OH is 1. The summed E-state index contributed by atoms with van der Waals surface area (Å²) in [6, 6.07) is 4.52. The average molecular weight is 240 g/mol. The van der Waals surface area contributed by atoms with Crippen LogP contribution in [0.5, 0.6) is 0 Å². The Hall–Kier alpha value is -0.580. The molecule has 1 rings (SSSR count). The number of aliphatic hydroxyl groups is 1. The highest BCUT2D eigenvalue weighted by Crippen LogP contribution is 2.18. The van der Waals surface area contributed by atoms with Crippen molar-refractivity contribution in [3.63, 3.8) is 0 Å². The number of aromatic nitrogens is 1. The van der Waals surface area contributed by atoms with Crippen molar-refractivity contribution >= 4 is 11.8 Å². The molecule has 0 spiro atoms. The number of nitrogens with zero attached hydrogens (tertiary/aromatic N) is 1. The molecule has 0 aliphatic carbocycles. The second kappa shape index (κ2) is 7.65. The van der Waals surface area contributed by atoms with Gasteiger partial charge in [0.1, 0.15) is 0 Å². The van der Waals surface area contributed by atoms with Crippen molar-refractivity contribution in [3.05, 3.63) is 23.9 Å². The second-order valence-corrected chi connectivity index (χ2v) is 4.75. The minimum absolute atomic E-state index is 0.253. The molecule has 0 radical (unpaired) electrons. The van der Waals surface area contributed by atoms with E-state index in [1.54, 1.807) is 11.8 Å². The molecule has 0 saturated carbocycles. The quantitative estimate of drug-likeness (QED) is 0.566. The zero-order valence-electron chi connectivity index (χ0n) is 9.94. The predicted octanol–water partition coefficient (Wildman–Crippen LogP) is 2.23. The van der Waals surface area contributed by atoms with E-state index in [0.717, 1.165) is 23.7 Å². The minimum Gasteiger partial charge on any atom is -0.396 e. The van der Waals surface area contributed by atoms with E-state index < -0.39 is 0 Å². The molecule has 0 fully saturated rings. The molecule has 16 heavy (non-hydrogen) atoms. The lowest BCUT2D eigenvalue weighted by Crippen LogP contribution is -2.17. The molecule has 0 aliphatic heterocycles. The van der Waals surface area contributed by atoms with Crippen LogP contribution in [-0.2, 0) is 0 Å². The summed E-state index contributed by atoms with van der Waals surface area (Å²) in [5.41, 5.74) is 1.22. The normalized spacial score (nSPS) is 12.7. The maximum Gasteiger partial charge on any atom is 0.0960 e. The van der Waals surface area contributed by atoms with E-state index in [1.165, 1.54) is 5.56 Å². The van der Waals surface area contributed by atoms with E-state index >= 15 is 0 Å². The smallest absolute Gasteiger partial charge is 0.0960 e. The molecule has 1 heterocycles. The minimum atomic E-state index is 0.253. The van der Waals surface area contributed by atoms with Crippen LogP contribution < -0.4 is 5.32 Å². The highest BCUT2D eigenvalue weighted by molar-refractivity contribution is 7.99. The first-order valence-electron chi connectivity index (χ1n) is 5.71. The van der Waals surface area contributed by atoms with Crippen LogP contribution in [0, 0.1) is 0 Å². The number of hydrogen-bond acceptors (Lipinski definition) is 4. The first-order chi connectivity index (χ1) is 7.77. The third kappa shape index (κ3) is 4.51. The second-order valence-electron chi connectivity index (χ2n) is 3.63. The zero-order valence-corrected chi connectivity index (χ0v) is 10.8. The van der Waals surface area contributed by atoms with Crippen molar-refractivity contribution < 1.29 is 5.11 Å². The highest BCUT2D eigenvalue weighted by Gasteiger charge is 2.03. The first-order valence-corrected chi connectivity index (χ1v) is 6.69. The molecule has 1 unspecified atom stereocenters. The highest BCUT2D eigenvalue weighted by atomic mass is 32.2. The molecule has 1 aromatic rings. The van der Waals surface area contributed by atoms with Gasteiger partial charge in [-0.3, -0.25) is 0 Å². The maximum absolute atomic E-state index is 8.68. The predicted molar refractivity (Wildman–Crippen MR) is 68.8 cm³/mol. The van der Waals surface area contributed by atoms with E-state index in [2.05, 4.69) is 30.2 Å². The van der Waals surface area contributed by atoms with Gasteiger partial charge in [0, 0.05) is 24.6 Å². The van der Waals surface area contributed by atoms with Gasteiger partial charge in [0.05, 0.1) is 5.03 Å². The lowest BCUT2D eigenvalue weighted by molar-refractivity contribution is 0.296. The van der Waals surface area contributed by atoms with E-state index in [1.807, 2.05) is 12.3 Å². The van der Waals surface area contributed by atoms with Gasteiger partial charge in [0.15, 0.2) is 0 Å². The Bertz CT molecular complexity index is 290. The third-order valence-electron chi connectivity index (χ3n) is 2.32. The van der Waals surface area contributed by atoms with Crippen molar-refractivity contribution in [2.24, 2.45) is 0 Å². The van der Waals surface area contributed by atoms with Gasteiger partial charge < -0.3 is 10.4 Å². The van der Waals surface area contributed by atoms with Crippen molar-refractivity contribution in [1.82, 2.24) is 10.3 Å². The van der Waals surface area contributed by atoms with Gasteiger partial charge in [-0.15, -0.1) is 11.8 Å². The Kier molecular flexibility index (Phi) is 6.45. The van der Waals surface area contributed by atoms with Gasteiger partial charge >= 0.3 is 0 Å². The fourth-order valence-corrected chi connectivity index (χ4v) is 2.17. The van der Waals surface area contributed by atoms with Gasteiger partial charge in [0.2, 0.25) is 0 Å². The monoisotopic (exact) mass is 240 g/mol. The lowest BCUT2D eigenvalue weighted by Gasteiger charge is -2.12. The lowest BCUT2D eigenvalue weighted by atomic mass is 10.1. The molecule has 90 valence electrons. The molecular formula is C12H20N2OS. The van der Waals surface area contributed by atoms with Crippen molar-refractivity contribution in [2.45, 2.75) is 31.3 Å². The maximum atomic E-state index is 8.68. The molecule has 0 aromatic carbocycles. The van der Waals surface area contributed by atoms with E-state index in [-0.39, 0.29) is 6.61 Å². The number of pyridine rings is 1. The Morgan fingerprint density at radius 3 is 2.88 bits per heavy atom. The van der Waals surface area contributed by atoms with Crippen LogP contribution in [0.1, 0.15) is 31.9 Å². The fourth-order valence-electron chi connectivity index (χ4n) is 1.40. The molecule has 0 saturated heterocycles. The summed E-state index contributed by atoms with van der Waals surface area (Å²) in [7, 11) is 0. The molecule has 0 bridgehead atoms. The van der Waals surface area contributed by atoms with Crippen LogP contribution in [0.2, 0.25) is 0 Å². The number of hydrogen-bond donors (Lipinski definition) is 2. The van der Waals surface area contributed by atoms with Crippen molar-refractivity contribution in [1.29, 1.82) is 0 Å². The van der Waals surface area contributed by atoms with Crippen LogP contribution in [-0.4, -0.2) is 29.0 Å². The molecule has 1 aromatic heterocycles. The Balaban J connectivity index is 2.47. The van der Waals surface area contributed by atoms with Gasteiger partial charge in [-0.25, -0.2) is 4.98 Å². The third-order valence-corrected chi connectivity index (χ3v) is 3.35. The van der Waals surface area contributed by atoms with Gasteiger partial charge in [-0.05, 0) is 31.5 Å². The van der Waals surface area contributed by atoms with E-state index in [0.29, 0.717) is 6.04 Å². The Morgan fingerprint density at radius 1 is 1.50 bits per heavy atom. The summed E-state index contributed by atoms with van der Waals surface area (Å²) >= 11 is 1.69. The summed E-state index contributed by atoms with van der Waals surface area (Å²) in [6.07, 6.45) is 2.75. The molecule has 1 atom stereocenters. The van der Waals surface area contributed by atoms with Crippen LogP contribution in [0.25, 0.3) is 0 Å². The number of thioether (sulfide) groups is 1. The first kappa shape index (κ1) is 13.5. The molecule has 3 nitrogen and oxygen atoms in total. The van der Waals surface area contributed by atoms with Gasteiger partial charge in [-0.2, -0.15) is 0 Å². The van der Waals surface area contributed by atoms with Crippen molar-refractivity contribution in [3.8, 4) is 0 Å². The van der Waals surface area contributed by atoms with Gasteiger partial charge in [-0.1, -0.05) is 13.0 Å². The number of rotatable bonds is 7.